The Morgan fingerprint density at radius 2 is 2.00 bits per heavy atom. The van der Waals surface area contributed by atoms with E-state index in [9.17, 15) is 0 Å². The summed E-state index contributed by atoms with van der Waals surface area (Å²) in [6.07, 6.45) is 0.0547. The molecule has 16 heavy (non-hydrogen) atoms. The Morgan fingerprint density at radius 1 is 1.25 bits per heavy atom. The highest BCUT2D eigenvalue weighted by molar-refractivity contribution is 5.26. The van der Waals surface area contributed by atoms with E-state index in [1.807, 2.05) is 24.3 Å². The molecule has 0 aliphatic carbocycles. The number of aliphatic hydroxyl groups excluding tert-OH is 1. The Hall–Kier alpha value is -1.10. The first kappa shape index (κ1) is 11.4. The molecule has 1 saturated heterocycles. The summed E-state index contributed by atoms with van der Waals surface area (Å²) in [6.45, 7) is 1.18. The molecular weight excluding hydrogens is 208 g/mol. The third-order valence-electron chi connectivity index (χ3n) is 2.58. The minimum atomic E-state index is -0.0177. The standard InChI is InChI=1S/C12H16O4/c1-14-10-4-2-9(3-5-10)7-15-8-12-11(6-13)16-12/h2-5,11-13H,6-8H2,1H3/t11?,12-/m0/s1. The number of hydrogen-bond acceptors (Lipinski definition) is 4. The van der Waals surface area contributed by atoms with Gasteiger partial charge >= 0.3 is 0 Å². The Kier molecular flexibility index (Phi) is 3.77. The lowest BCUT2D eigenvalue weighted by molar-refractivity contribution is 0.104. The average molecular weight is 224 g/mol. The SMILES string of the molecule is COc1ccc(COC[C@@H]2OC2CO)cc1. The number of ether oxygens (including phenoxy) is 3. The Balaban J connectivity index is 1.69. The van der Waals surface area contributed by atoms with E-state index in [-0.39, 0.29) is 18.8 Å². The first-order chi connectivity index (χ1) is 7.83. The highest BCUT2D eigenvalue weighted by atomic mass is 16.6. The Bertz CT molecular complexity index is 322. The predicted octanol–water partition coefficient (Wildman–Crippen LogP) is 0.972. The van der Waals surface area contributed by atoms with Crippen molar-refractivity contribution in [2.75, 3.05) is 20.3 Å². The van der Waals surface area contributed by atoms with E-state index < -0.39 is 0 Å². The van der Waals surface area contributed by atoms with Crippen molar-refractivity contribution in [3.05, 3.63) is 29.8 Å². The van der Waals surface area contributed by atoms with Gasteiger partial charge in [0.05, 0.1) is 26.9 Å². The maximum Gasteiger partial charge on any atom is 0.118 e. The van der Waals surface area contributed by atoms with Crippen LogP contribution in [0.25, 0.3) is 0 Å². The van der Waals surface area contributed by atoms with Gasteiger partial charge < -0.3 is 19.3 Å². The number of aliphatic hydroxyl groups is 1. The van der Waals surface area contributed by atoms with Crippen molar-refractivity contribution >= 4 is 0 Å². The predicted molar refractivity (Wildman–Crippen MR) is 58.4 cm³/mol. The van der Waals surface area contributed by atoms with Gasteiger partial charge in [0, 0.05) is 0 Å². The van der Waals surface area contributed by atoms with E-state index in [1.165, 1.54) is 0 Å². The van der Waals surface area contributed by atoms with Crippen LogP contribution in [0.3, 0.4) is 0 Å². The lowest BCUT2D eigenvalue weighted by Gasteiger charge is -2.04. The average Bonchev–Trinajstić information content (AvgIpc) is 3.09. The highest BCUT2D eigenvalue weighted by Crippen LogP contribution is 2.21. The van der Waals surface area contributed by atoms with Gasteiger partial charge in [-0.15, -0.1) is 0 Å². The smallest absolute Gasteiger partial charge is 0.118 e. The van der Waals surface area contributed by atoms with Crippen molar-refractivity contribution in [1.29, 1.82) is 0 Å². The molecule has 1 aromatic rings. The Morgan fingerprint density at radius 3 is 2.56 bits per heavy atom. The van der Waals surface area contributed by atoms with Crippen LogP contribution in [0, 0.1) is 0 Å². The van der Waals surface area contributed by atoms with Gasteiger partial charge in [-0.05, 0) is 17.7 Å². The van der Waals surface area contributed by atoms with Crippen LogP contribution in [-0.4, -0.2) is 37.6 Å². The molecule has 1 N–H and O–H groups in total. The zero-order valence-electron chi connectivity index (χ0n) is 9.26. The molecule has 1 heterocycles. The molecule has 1 aliphatic heterocycles. The van der Waals surface area contributed by atoms with E-state index >= 15 is 0 Å². The highest BCUT2D eigenvalue weighted by Gasteiger charge is 2.37. The third-order valence-corrected chi connectivity index (χ3v) is 2.58. The van der Waals surface area contributed by atoms with Crippen molar-refractivity contribution in [2.24, 2.45) is 0 Å². The molecule has 0 saturated carbocycles. The normalized spacial score (nSPS) is 23.1. The summed E-state index contributed by atoms with van der Waals surface area (Å²) in [4.78, 5) is 0. The van der Waals surface area contributed by atoms with Crippen LogP contribution in [-0.2, 0) is 16.1 Å². The largest absolute Gasteiger partial charge is 0.497 e. The summed E-state index contributed by atoms with van der Waals surface area (Å²) >= 11 is 0. The first-order valence-electron chi connectivity index (χ1n) is 5.30. The molecule has 0 aromatic heterocycles. The summed E-state index contributed by atoms with van der Waals surface area (Å²) < 4.78 is 15.7. The second-order valence-corrected chi connectivity index (χ2v) is 3.76. The summed E-state index contributed by atoms with van der Waals surface area (Å²) in [7, 11) is 1.64. The summed E-state index contributed by atoms with van der Waals surface area (Å²) in [5.41, 5.74) is 1.10. The van der Waals surface area contributed by atoms with Crippen molar-refractivity contribution < 1.29 is 19.3 Å². The second-order valence-electron chi connectivity index (χ2n) is 3.76. The fourth-order valence-corrected chi connectivity index (χ4v) is 1.50. The third kappa shape index (κ3) is 2.95. The van der Waals surface area contributed by atoms with Gasteiger partial charge in [-0.1, -0.05) is 12.1 Å². The van der Waals surface area contributed by atoms with Crippen molar-refractivity contribution in [2.45, 2.75) is 18.8 Å². The van der Waals surface area contributed by atoms with Gasteiger partial charge in [-0.25, -0.2) is 0 Å². The number of benzene rings is 1. The summed E-state index contributed by atoms with van der Waals surface area (Å²) in [5, 5.41) is 8.76. The molecule has 4 nitrogen and oxygen atoms in total. The van der Waals surface area contributed by atoms with E-state index in [0.717, 1.165) is 11.3 Å². The molecule has 0 bridgehead atoms. The molecule has 2 atom stereocenters. The fourth-order valence-electron chi connectivity index (χ4n) is 1.50. The topological polar surface area (TPSA) is 51.2 Å². The molecular formula is C12H16O4. The van der Waals surface area contributed by atoms with Gasteiger partial charge in [-0.2, -0.15) is 0 Å². The van der Waals surface area contributed by atoms with Crippen molar-refractivity contribution in [1.82, 2.24) is 0 Å². The summed E-state index contributed by atoms with van der Waals surface area (Å²) in [6, 6.07) is 7.75. The molecule has 1 aromatic carbocycles. The monoisotopic (exact) mass is 224 g/mol. The second kappa shape index (κ2) is 5.30. The minimum Gasteiger partial charge on any atom is -0.497 e. The van der Waals surface area contributed by atoms with Gasteiger partial charge in [0.15, 0.2) is 0 Å². The molecule has 0 amide bonds. The molecule has 1 unspecified atom stereocenters. The molecule has 1 aliphatic rings. The molecule has 4 heteroatoms. The van der Waals surface area contributed by atoms with Crippen LogP contribution in [0.1, 0.15) is 5.56 Å². The van der Waals surface area contributed by atoms with Gasteiger partial charge in [0.1, 0.15) is 18.0 Å². The molecule has 0 spiro atoms. The summed E-state index contributed by atoms with van der Waals surface area (Å²) in [5.74, 6) is 0.842. The van der Waals surface area contributed by atoms with Crippen LogP contribution in [0.2, 0.25) is 0 Å². The van der Waals surface area contributed by atoms with Crippen molar-refractivity contribution in [3.8, 4) is 5.75 Å². The van der Waals surface area contributed by atoms with E-state index in [0.29, 0.717) is 13.2 Å². The maximum atomic E-state index is 8.76. The van der Waals surface area contributed by atoms with E-state index in [4.69, 9.17) is 19.3 Å². The van der Waals surface area contributed by atoms with Crippen LogP contribution >= 0.6 is 0 Å². The molecule has 0 radical (unpaired) electrons. The number of hydrogen-bond donors (Lipinski definition) is 1. The fraction of sp³-hybridized carbons (Fsp3) is 0.500. The van der Waals surface area contributed by atoms with Crippen LogP contribution < -0.4 is 4.74 Å². The first-order valence-corrected chi connectivity index (χ1v) is 5.30. The maximum absolute atomic E-state index is 8.76. The Labute approximate surface area is 94.8 Å². The molecule has 1 fully saturated rings. The lowest BCUT2D eigenvalue weighted by Crippen LogP contribution is -2.07. The molecule has 2 rings (SSSR count). The minimum absolute atomic E-state index is 0.0177. The number of rotatable bonds is 6. The zero-order valence-corrected chi connectivity index (χ0v) is 9.26. The van der Waals surface area contributed by atoms with Gasteiger partial charge in [0.2, 0.25) is 0 Å². The zero-order chi connectivity index (χ0) is 11.4. The van der Waals surface area contributed by atoms with Gasteiger partial charge in [-0.3, -0.25) is 0 Å². The molecule has 88 valence electrons. The van der Waals surface area contributed by atoms with Crippen LogP contribution in [0.5, 0.6) is 5.75 Å². The van der Waals surface area contributed by atoms with E-state index in [1.54, 1.807) is 7.11 Å². The van der Waals surface area contributed by atoms with E-state index in [2.05, 4.69) is 0 Å². The van der Waals surface area contributed by atoms with Crippen LogP contribution in [0.15, 0.2) is 24.3 Å². The number of epoxide rings is 1. The number of methoxy groups -OCH3 is 1. The quantitative estimate of drug-likeness (QED) is 0.732. The van der Waals surface area contributed by atoms with Crippen molar-refractivity contribution in [3.63, 3.8) is 0 Å². The van der Waals surface area contributed by atoms with Crippen LogP contribution in [0.4, 0.5) is 0 Å². The lowest BCUT2D eigenvalue weighted by atomic mass is 10.2. The van der Waals surface area contributed by atoms with Gasteiger partial charge in [0.25, 0.3) is 0 Å².